The minimum Gasteiger partial charge on any atom is -0.497 e. The average molecular weight is 423 g/mol. The summed E-state index contributed by atoms with van der Waals surface area (Å²) in [4.78, 5) is 21.8. The Morgan fingerprint density at radius 3 is 2.61 bits per heavy atom. The maximum Gasteiger partial charge on any atom is 0.255 e. The van der Waals surface area contributed by atoms with Crippen LogP contribution in [-0.4, -0.2) is 40.1 Å². The van der Waals surface area contributed by atoms with E-state index in [0.717, 1.165) is 55.6 Å². The van der Waals surface area contributed by atoms with Gasteiger partial charge in [0.15, 0.2) is 5.82 Å². The molecule has 1 saturated carbocycles. The first-order chi connectivity index (χ1) is 15.1. The van der Waals surface area contributed by atoms with Gasteiger partial charge in [0.25, 0.3) is 5.91 Å². The fourth-order valence-electron chi connectivity index (χ4n) is 4.25. The molecule has 1 aliphatic rings. The van der Waals surface area contributed by atoms with Gasteiger partial charge in [-0.25, -0.2) is 9.97 Å². The van der Waals surface area contributed by atoms with E-state index >= 15 is 0 Å². The Morgan fingerprint density at radius 2 is 1.94 bits per heavy atom. The van der Waals surface area contributed by atoms with Crippen molar-refractivity contribution in [3.8, 4) is 5.75 Å². The van der Waals surface area contributed by atoms with Gasteiger partial charge in [-0.1, -0.05) is 0 Å². The number of carbonyl (C=O) groups is 1. The Balaban J connectivity index is 1.64. The Bertz CT molecular complexity index is 1040. The molecule has 4 rings (SSSR count). The van der Waals surface area contributed by atoms with Gasteiger partial charge in [0.1, 0.15) is 23.1 Å². The highest BCUT2D eigenvalue weighted by Gasteiger charge is 2.22. The molecule has 0 bridgehead atoms. The molecule has 0 aliphatic heterocycles. The van der Waals surface area contributed by atoms with Crippen LogP contribution in [0.2, 0.25) is 0 Å². The molecule has 8 nitrogen and oxygen atoms in total. The van der Waals surface area contributed by atoms with Crippen molar-refractivity contribution in [1.82, 2.24) is 14.5 Å². The first-order valence-electron chi connectivity index (χ1n) is 10.9. The Kier molecular flexibility index (Phi) is 6.36. The summed E-state index contributed by atoms with van der Waals surface area (Å²) >= 11 is 0. The molecule has 0 radical (unpaired) electrons. The molecular formula is C23H30N6O2. The molecular weight excluding hydrogens is 392 g/mol. The molecule has 8 heteroatoms. The monoisotopic (exact) mass is 422 g/mol. The van der Waals surface area contributed by atoms with Gasteiger partial charge in [-0.15, -0.1) is 0 Å². The molecule has 0 spiro atoms. The SMILES string of the molecule is CCNc1ncnc2c(NC(=O)c3ccc(OC)cc3)cn(CC3CCC(N)CC3)c12. The lowest BCUT2D eigenvalue weighted by molar-refractivity contribution is 0.102. The smallest absolute Gasteiger partial charge is 0.255 e. The summed E-state index contributed by atoms with van der Waals surface area (Å²) in [7, 11) is 1.60. The van der Waals surface area contributed by atoms with Gasteiger partial charge in [-0.05, 0) is 62.8 Å². The first kappa shape index (κ1) is 21.1. The van der Waals surface area contributed by atoms with Crippen LogP contribution in [0, 0.1) is 5.92 Å². The predicted octanol–water partition coefficient (Wildman–Crippen LogP) is 3.64. The summed E-state index contributed by atoms with van der Waals surface area (Å²) in [6, 6.07) is 7.36. The van der Waals surface area contributed by atoms with Crippen LogP contribution in [0.3, 0.4) is 0 Å². The maximum absolute atomic E-state index is 12.9. The number of nitrogens with one attached hydrogen (secondary N) is 2. The molecule has 0 atom stereocenters. The van der Waals surface area contributed by atoms with Crippen LogP contribution in [-0.2, 0) is 6.54 Å². The van der Waals surface area contributed by atoms with Crippen LogP contribution in [0.25, 0.3) is 11.0 Å². The molecule has 4 N–H and O–H groups in total. The van der Waals surface area contributed by atoms with E-state index < -0.39 is 0 Å². The number of nitrogens with zero attached hydrogens (tertiary/aromatic N) is 3. The summed E-state index contributed by atoms with van der Waals surface area (Å²) < 4.78 is 7.36. The predicted molar refractivity (Wildman–Crippen MR) is 123 cm³/mol. The lowest BCUT2D eigenvalue weighted by Crippen LogP contribution is -2.28. The normalized spacial score (nSPS) is 18.7. The number of aromatic nitrogens is 3. The summed E-state index contributed by atoms with van der Waals surface area (Å²) in [5.74, 6) is 1.86. The van der Waals surface area contributed by atoms with Crippen molar-refractivity contribution in [2.75, 3.05) is 24.3 Å². The third-order valence-corrected chi connectivity index (χ3v) is 5.94. The third-order valence-electron chi connectivity index (χ3n) is 5.94. The summed E-state index contributed by atoms with van der Waals surface area (Å²) in [5.41, 5.74) is 8.99. The van der Waals surface area contributed by atoms with Crippen LogP contribution in [0.15, 0.2) is 36.8 Å². The lowest BCUT2D eigenvalue weighted by atomic mass is 9.86. The number of carbonyl (C=O) groups excluding carboxylic acids is 1. The Morgan fingerprint density at radius 1 is 1.19 bits per heavy atom. The van der Waals surface area contributed by atoms with Crippen LogP contribution < -0.4 is 21.1 Å². The minimum absolute atomic E-state index is 0.186. The zero-order valence-corrected chi connectivity index (χ0v) is 18.1. The first-order valence-corrected chi connectivity index (χ1v) is 10.9. The molecule has 2 aromatic heterocycles. The highest BCUT2D eigenvalue weighted by molar-refractivity contribution is 6.09. The summed E-state index contributed by atoms with van der Waals surface area (Å²) in [6.07, 6.45) is 7.85. The fourth-order valence-corrected chi connectivity index (χ4v) is 4.25. The van der Waals surface area contributed by atoms with E-state index in [1.165, 1.54) is 6.33 Å². The zero-order chi connectivity index (χ0) is 21.8. The quantitative estimate of drug-likeness (QED) is 0.537. The maximum atomic E-state index is 12.9. The molecule has 1 amide bonds. The molecule has 164 valence electrons. The van der Waals surface area contributed by atoms with Crippen molar-refractivity contribution in [3.05, 3.63) is 42.4 Å². The van der Waals surface area contributed by atoms with Gasteiger partial charge in [-0.3, -0.25) is 4.79 Å². The Labute approximate surface area is 182 Å². The minimum atomic E-state index is -0.186. The zero-order valence-electron chi connectivity index (χ0n) is 18.1. The Hall–Kier alpha value is -3.13. The number of benzene rings is 1. The summed E-state index contributed by atoms with van der Waals surface area (Å²) in [6.45, 7) is 3.65. The van der Waals surface area contributed by atoms with Gasteiger partial charge < -0.3 is 25.7 Å². The summed E-state index contributed by atoms with van der Waals surface area (Å²) in [5, 5.41) is 6.36. The topological polar surface area (TPSA) is 107 Å². The largest absolute Gasteiger partial charge is 0.497 e. The van der Waals surface area contributed by atoms with Crippen molar-refractivity contribution in [2.45, 2.75) is 45.2 Å². The third kappa shape index (κ3) is 4.64. The van der Waals surface area contributed by atoms with Gasteiger partial charge in [0, 0.05) is 30.9 Å². The van der Waals surface area contributed by atoms with E-state index in [2.05, 4.69) is 25.2 Å². The number of rotatable bonds is 7. The number of fused-ring (bicyclic) bond motifs is 1. The molecule has 1 fully saturated rings. The standard InChI is InChI=1S/C23H30N6O2/c1-3-25-22-21-20(26-14-27-22)19(13-29(21)12-15-4-8-17(24)9-5-15)28-23(30)16-6-10-18(31-2)11-7-16/h6-7,10-11,13-15,17H,3-5,8-9,12,24H2,1-2H3,(H,28,30)(H,25,26,27). The number of anilines is 2. The number of amides is 1. The second-order valence-corrected chi connectivity index (χ2v) is 8.11. The second-order valence-electron chi connectivity index (χ2n) is 8.11. The van der Waals surface area contributed by atoms with Crippen molar-refractivity contribution in [3.63, 3.8) is 0 Å². The van der Waals surface area contributed by atoms with Crippen LogP contribution in [0.4, 0.5) is 11.5 Å². The van der Waals surface area contributed by atoms with Crippen molar-refractivity contribution >= 4 is 28.4 Å². The second kappa shape index (κ2) is 9.34. The number of nitrogens with two attached hydrogens (primary N) is 1. The van der Waals surface area contributed by atoms with Gasteiger partial charge in [0.2, 0.25) is 0 Å². The van der Waals surface area contributed by atoms with E-state index in [4.69, 9.17) is 10.5 Å². The van der Waals surface area contributed by atoms with Gasteiger partial charge in [-0.2, -0.15) is 0 Å². The molecule has 3 aromatic rings. The molecule has 1 aliphatic carbocycles. The number of hydrogen-bond donors (Lipinski definition) is 3. The van der Waals surface area contributed by atoms with Crippen LogP contribution in [0.1, 0.15) is 43.0 Å². The molecule has 31 heavy (non-hydrogen) atoms. The molecule has 2 heterocycles. The van der Waals surface area contributed by atoms with Gasteiger partial charge in [0.05, 0.1) is 12.8 Å². The number of methoxy groups -OCH3 is 1. The van der Waals surface area contributed by atoms with Crippen molar-refractivity contribution in [2.24, 2.45) is 11.7 Å². The highest BCUT2D eigenvalue weighted by atomic mass is 16.5. The highest BCUT2D eigenvalue weighted by Crippen LogP contribution is 2.32. The molecule has 1 aromatic carbocycles. The average Bonchev–Trinajstić information content (AvgIpc) is 3.13. The van der Waals surface area contributed by atoms with E-state index in [-0.39, 0.29) is 5.91 Å². The molecule has 0 saturated heterocycles. The molecule has 0 unspecified atom stereocenters. The van der Waals surface area contributed by atoms with E-state index in [9.17, 15) is 4.79 Å². The van der Waals surface area contributed by atoms with E-state index in [1.54, 1.807) is 31.4 Å². The van der Waals surface area contributed by atoms with Crippen molar-refractivity contribution < 1.29 is 9.53 Å². The van der Waals surface area contributed by atoms with Crippen LogP contribution >= 0.6 is 0 Å². The fraction of sp³-hybridized carbons (Fsp3) is 0.435. The number of ether oxygens (including phenoxy) is 1. The van der Waals surface area contributed by atoms with Crippen LogP contribution in [0.5, 0.6) is 5.75 Å². The number of hydrogen-bond acceptors (Lipinski definition) is 6. The lowest BCUT2D eigenvalue weighted by Gasteiger charge is -2.26. The van der Waals surface area contributed by atoms with E-state index in [0.29, 0.717) is 29.0 Å². The van der Waals surface area contributed by atoms with Gasteiger partial charge >= 0.3 is 0 Å². The van der Waals surface area contributed by atoms with E-state index in [1.807, 2.05) is 13.1 Å². The van der Waals surface area contributed by atoms with Crippen molar-refractivity contribution in [1.29, 1.82) is 0 Å².